The van der Waals surface area contributed by atoms with E-state index in [9.17, 15) is 0 Å². The normalized spacial score (nSPS) is 10.4. The van der Waals surface area contributed by atoms with Crippen molar-refractivity contribution in [3.05, 3.63) is 29.8 Å². The predicted molar refractivity (Wildman–Crippen MR) is 51.8 cm³/mol. The Bertz CT molecular complexity index is 378. The number of aryl methyl sites for hydroxylation is 2. The zero-order valence-corrected chi connectivity index (χ0v) is 8.19. The van der Waals surface area contributed by atoms with Crippen LogP contribution in [0.5, 0.6) is 0 Å². The molecule has 0 aromatic carbocycles. The molecule has 5 nitrogen and oxygen atoms in total. The highest BCUT2D eigenvalue weighted by molar-refractivity contribution is 5.34. The van der Waals surface area contributed by atoms with Crippen LogP contribution in [0.25, 0.3) is 0 Å². The molecule has 74 valence electrons. The summed E-state index contributed by atoms with van der Waals surface area (Å²) < 4.78 is 6.69. The van der Waals surface area contributed by atoms with Gasteiger partial charge in [-0.1, -0.05) is 5.16 Å². The molecule has 2 aromatic rings. The molecule has 5 heteroatoms. The van der Waals surface area contributed by atoms with Crippen LogP contribution < -0.4 is 5.32 Å². The Morgan fingerprint density at radius 3 is 3.00 bits per heavy atom. The molecule has 0 aliphatic rings. The first-order valence-corrected chi connectivity index (χ1v) is 4.39. The van der Waals surface area contributed by atoms with Crippen LogP contribution in [-0.4, -0.2) is 14.9 Å². The molecule has 0 bridgehead atoms. The summed E-state index contributed by atoms with van der Waals surface area (Å²) in [5, 5.41) is 11.0. The molecule has 0 saturated carbocycles. The fraction of sp³-hybridized carbons (Fsp3) is 0.333. The third kappa shape index (κ3) is 1.93. The Kier molecular flexibility index (Phi) is 2.22. The summed E-state index contributed by atoms with van der Waals surface area (Å²) in [5.41, 5.74) is 1.12. The minimum Gasteiger partial charge on any atom is -0.363 e. The van der Waals surface area contributed by atoms with E-state index in [0.29, 0.717) is 6.54 Å². The number of hydrogen-bond acceptors (Lipinski definition) is 4. The minimum atomic E-state index is 0.708. The molecule has 14 heavy (non-hydrogen) atoms. The highest BCUT2D eigenvalue weighted by Gasteiger charge is 2.00. The van der Waals surface area contributed by atoms with Crippen molar-refractivity contribution in [2.45, 2.75) is 13.5 Å². The smallest absolute Gasteiger partial charge is 0.169 e. The molecular weight excluding hydrogens is 180 g/mol. The van der Waals surface area contributed by atoms with E-state index in [2.05, 4.69) is 15.6 Å². The van der Waals surface area contributed by atoms with E-state index < -0.39 is 0 Å². The van der Waals surface area contributed by atoms with Crippen LogP contribution in [-0.2, 0) is 13.6 Å². The second kappa shape index (κ2) is 3.53. The number of rotatable bonds is 3. The van der Waals surface area contributed by atoms with Crippen LogP contribution in [0.2, 0.25) is 0 Å². The Morgan fingerprint density at radius 1 is 1.57 bits per heavy atom. The van der Waals surface area contributed by atoms with E-state index in [1.807, 2.05) is 32.4 Å². The van der Waals surface area contributed by atoms with Gasteiger partial charge in [0.05, 0.1) is 6.20 Å². The Morgan fingerprint density at radius 2 is 2.43 bits per heavy atom. The number of anilines is 1. The van der Waals surface area contributed by atoms with E-state index >= 15 is 0 Å². The van der Waals surface area contributed by atoms with Crippen LogP contribution in [0.1, 0.15) is 11.3 Å². The van der Waals surface area contributed by atoms with Crippen molar-refractivity contribution in [1.82, 2.24) is 14.9 Å². The van der Waals surface area contributed by atoms with Crippen molar-refractivity contribution in [2.75, 3.05) is 5.32 Å². The molecule has 0 atom stereocenters. The molecule has 0 radical (unpaired) electrons. The zero-order valence-electron chi connectivity index (χ0n) is 8.19. The van der Waals surface area contributed by atoms with Crippen LogP contribution >= 0.6 is 0 Å². The number of hydrogen-bond donors (Lipinski definition) is 1. The highest BCUT2D eigenvalue weighted by atomic mass is 16.5. The summed E-state index contributed by atoms with van der Waals surface area (Å²) in [6, 6.07) is 1.86. The third-order valence-electron chi connectivity index (χ3n) is 1.86. The Balaban J connectivity index is 1.94. The van der Waals surface area contributed by atoms with E-state index in [4.69, 9.17) is 4.52 Å². The van der Waals surface area contributed by atoms with Gasteiger partial charge in [0.1, 0.15) is 5.76 Å². The van der Waals surface area contributed by atoms with Gasteiger partial charge >= 0.3 is 0 Å². The third-order valence-corrected chi connectivity index (χ3v) is 1.86. The van der Waals surface area contributed by atoms with Gasteiger partial charge < -0.3 is 9.84 Å². The average molecular weight is 192 g/mol. The predicted octanol–water partition coefficient (Wildman–Crippen LogP) is 1.33. The summed E-state index contributed by atoms with van der Waals surface area (Å²) in [7, 11) is 1.89. The molecule has 0 aliphatic heterocycles. The van der Waals surface area contributed by atoms with Crippen molar-refractivity contribution in [3.8, 4) is 0 Å². The quantitative estimate of drug-likeness (QED) is 0.797. The summed E-state index contributed by atoms with van der Waals surface area (Å²) in [4.78, 5) is 0. The van der Waals surface area contributed by atoms with Gasteiger partial charge in [-0.3, -0.25) is 4.68 Å². The molecule has 2 aromatic heterocycles. The number of nitrogens with zero attached hydrogens (tertiary/aromatic N) is 3. The SMILES string of the molecule is Cc1cc(NCc2cnn(C)c2)no1. The topological polar surface area (TPSA) is 55.9 Å². The fourth-order valence-electron chi connectivity index (χ4n) is 1.21. The van der Waals surface area contributed by atoms with Crippen LogP contribution in [0.15, 0.2) is 23.0 Å². The highest BCUT2D eigenvalue weighted by Crippen LogP contribution is 2.08. The molecule has 0 amide bonds. The van der Waals surface area contributed by atoms with Gasteiger partial charge in [-0.2, -0.15) is 5.10 Å². The molecule has 1 N–H and O–H groups in total. The molecule has 2 heterocycles. The number of nitrogens with one attached hydrogen (secondary N) is 1. The van der Waals surface area contributed by atoms with Gasteiger partial charge in [-0.05, 0) is 6.92 Å². The molecular formula is C9H12N4O. The van der Waals surface area contributed by atoms with Gasteiger partial charge in [0.25, 0.3) is 0 Å². The first-order chi connectivity index (χ1) is 6.74. The maximum atomic E-state index is 4.92. The molecule has 0 fully saturated rings. The van der Waals surface area contributed by atoms with Crippen molar-refractivity contribution >= 4 is 5.82 Å². The summed E-state index contributed by atoms with van der Waals surface area (Å²) in [5.74, 6) is 1.56. The van der Waals surface area contributed by atoms with Crippen molar-refractivity contribution in [2.24, 2.45) is 7.05 Å². The van der Waals surface area contributed by atoms with E-state index in [1.54, 1.807) is 4.68 Å². The molecule has 0 aliphatic carbocycles. The van der Waals surface area contributed by atoms with Gasteiger partial charge in [0.2, 0.25) is 0 Å². The molecule has 0 unspecified atom stereocenters. The zero-order chi connectivity index (χ0) is 9.97. The maximum Gasteiger partial charge on any atom is 0.169 e. The standard InChI is InChI=1S/C9H12N4O/c1-7-3-9(12-14-7)10-4-8-5-11-13(2)6-8/h3,5-6H,4H2,1-2H3,(H,10,12). The van der Waals surface area contributed by atoms with E-state index in [0.717, 1.165) is 17.1 Å². The molecule has 0 saturated heterocycles. The summed E-state index contributed by atoms with van der Waals surface area (Å²) >= 11 is 0. The van der Waals surface area contributed by atoms with Gasteiger partial charge in [0, 0.05) is 31.4 Å². The maximum absolute atomic E-state index is 4.92. The molecule has 2 rings (SSSR count). The lowest BCUT2D eigenvalue weighted by molar-refractivity contribution is 0.399. The lowest BCUT2D eigenvalue weighted by Gasteiger charge is -1.97. The van der Waals surface area contributed by atoms with Crippen molar-refractivity contribution < 1.29 is 4.52 Å². The second-order valence-electron chi connectivity index (χ2n) is 3.20. The van der Waals surface area contributed by atoms with Crippen molar-refractivity contribution in [3.63, 3.8) is 0 Å². The average Bonchev–Trinajstić information content (AvgIpc) is 2.72. The summed E-state index contributed by atoms with van der Waals surface area (Å²) in [6.07, 6.45) is 3.78. The van der Waals surface area contributed by atoms with Gasteiger partial charge in [-0.25, -0.2) is 0 Å². The van der Waals surface area contributed by atoms with Crippen LogP contribution in [0.3, 0.4) is 0 Å². The largest absolute Gasteiger partial charge is 0.363 e. The molecule has 0 spiro atoms. The fourth-order valence-corrected chi connectivity index (χ4v) is 1.21. The second-order valence-corrected chi connectivity index (χ2v) is 3.20. The van der Waals surface area contributed by atoms with E-state index in [1.165, 1.54) is 0 Å². The first-order valence-electron chi connectivity index (χ1n) is 4.39. The Labute approximate surface area is 81.7 Å². The van der Waals surface area contributed by atoms with Crippen LogP contribution in [0.4, 0.5) is 5.82 Å². The first kappa shape index (κ1) is 8.80. The minimum absolute atomic E-state index is 0.708. The van der Waals surface area contributed by atoms with Gasteiger partial charge in [0.15, 0.2) is 5.82 Å². The lowest BCUT2D eigenvalue weighted by Crippen LogP contribution is -1.98. The number of aromatic nitrogens is 3. The van der Waals surface area contributed by atoms with Gasteiger partial charge in [-0.15, -0.1) is 0 Å². The van der Waals surface area contributed by atoms with Crippen LogP contribution in [0, 0.1) is 6.92 Å². The van der Waals surface area contributed by atoms with Crippen molar-refractivity contribution in [1.29, 1.82) is 0 Å². The Hall–Kier alpha value is -1.78. The lowest BCUT2D eigenvalue weighted by atomic mass is 10.3. The van der Waals surface area contributed by atoms with E-state index in [-0.39, 0.29) is 0 Å². The monoisotopic (exact) mass is 192 g/mol. The summed E-state index contributed by atoms with van der Waals surface area (Å²) in [6.45, 7) is 2.57.